The number of nitrogens with zero attached hydrogens (tertiary/aromatic N) is 3. The van der Waals surface area contributed by atoms with E-state index >= 15 is 0 Å². The Morgan fingerprint density at radius 1 is 0.250 bits per heavy atom. The van der Waals surface area contributed by atoms with E-state index in [0.29, 0.717) is 17.5 Å². The van der Waals surface area contributed by atoms with Crippen molar-refractivity contribution in [1.82, 2.24) is 15.0 Å². The number of benzene rings is 8. The van der Waals surface area contributed by atoms with Crippen LogP contribution in [0, 0.1) is 0 Å². The van der Waals surface area contributed by atoms with E-state index < -0.39 is 0 Å². The van der Waals surface area contributed by atoms with E-state index in [0.717, 1.165) is 33.4 Å². The van der Waals surface area contributed by atoms with Crippen LogP contribution in [0.4, 0.5) is 0 Å². The number of fused-ring (bicyclic) bond motifs is 1. The quantitative estimate of drug-likeness (QED) is 0.170. The van der Waals surface area contributed by atoms with Gasteiger partial charge in [0.1, 0.15) is 0 Å². The van der Waals surface area contributed by atoms with Crippen molar-refractivity contribution in [3.05, 3.63) is 200 Å². The molecule has 8 aromatic carbocycles. The lowest BCUT2D eigenvalue weighted by atomic mass is 9.89. The Labute approximate surface area is 303 Å². The van der Waals surface area contributed by atoms with Crippen LogP contribution in [-0.2, 0) is 0 Å². The molecule has 3 nitrogen and oxygen atoms in total. The molecule has 0 aliphatic rings. The lowest BCUT2D eigenvalue weighted by molar-refractivity contribution is 1.07. The molecular formula is C49H33N3. The largest absolute Gasteiger partial charge is 0.208 e. The summed E-state index contributed by atoms with van der Waals surface area (Å²) in [6, 6.07) is 70.1. The third-order valence-corrected chi connectivity index (χ3v) is 9.56. The predicted molar refractivity (Wildman–Crippen MR) is 215 cm³/mol. The summed E-state index contributed by atoms with van der Waals surface area (Å²) in [5.41, 5.74) is 12.2. The highest BCUT2D eigenvalue weighted by molar-refractivity contribution is 6.04. The Morgan fingerprint density at radius 2 is 0.673 bits per heavy atom. The molecule has 0 bridgehead atoms. The molecule has 9 aromatic rings. The first-order chi connectivity index (χ1) is 25.8. The molecule has 0 spiro atoms. The standard InChI is InChI=1S/C49H33N3/c1-4-13-34(14-5-1)36-23-25-38(26-24-36)45-32-31-37-17-10-11-22-44(37)46(45)39-27-29-41(30-28-39)48-50-47(40-18-8-3-9-19-40)51-49(52-48)43-21-12-20-42(33-43)35-15-6-2-7-16-35/h1-33H. The summed E-state index contributed by atoms with van der Waals surface area (Å²) < 4.78 is 0. The van der Waals surface area contributed by atoms with Crippen LogP contribution in [0.15, 0.2) is 200 Å². The molecule has 0 saturated carbocycles. The fourth-order valence-electron chi connectivity index (χ4n) is 6.90. The van der Waals surface area contributed by atoms with Gasteiger partial charge in [-0.05, 0) is 61.3 Å². The van der Waals surface area contributed by atoms with E-state index in [1.807, 2.05) is 36.4 Å². The summed E-state index contributed by atoms with van der Waals surface area (Å²) in [5.74, 6) is 1.92. The lowest BCUT2D eigenvalue weighted by Crippen LogP contribution is -2.00. The molecule has 0 aliphatic carbocycles. The molecule has 0 saturated heterocycles. The fraction of sp³-hybridized carbons (Fsp3) is 0. The first kappa shape index (κ1) is 31.0. The number of hydrogen-bond donors (Lipinski definition) is 0. The van der Waals surface area contributed by atoms with Crippen molar-refractivity contribution < 1.29 is 0 Å². The molecule has 52 heavy (non-hydrogen) atoms. The molecule has 244 valence electrons. The third kappa shape index (κ3) is 6.17. The predicted octanol–water partition coefficient (Wildman–Crippen LogP) is 12.7. The minimum Gasteiger partial charge on any atom is -0.208 e. The smallest absolute Gasteiger partial charge is 0.164 e. The van der Waals surface area contributed by atoms with Crippen LogP contribution in [0.2, 0.25) is 0 Å². The average Bonchev–Trinajstić information content (AvgIpc) is 3.24. The van der Waals surface area contributed by atoms with E-state index in [4.69, 9.17) is 15.0 Å². The Balaban J connectivity index is 1.13. The van der Waals surface area contributed by atoms with Gasteiger partial charge in [0, 0.05) is 16.7 Å². The van der Waals surface area contributed by atoms with Gasteiger partial charge in [0.05, 0.1) is 0 Å². The maximum Gasteiger partial charge on any atom is 0.164 e. The Bertz CT molecular complexity index is 2630. The van der Waals surface area contributed by atoms with Crippen molar-refractivity contribution in [2.75, 3.05) is 0 Å². The van der Waals surface area contributed by atoms with Crippen LogP contribution in [0.1, 0.15) is 0 Å². The molecule has 0 N–H and O–H groups in total. The van der Waals surface area contributed by atoms with Crippen LogP contribution in [0.25, 0.3) is 89.4 Å². The van der Waals surface area contributed by atoms with Gasteiger partial charge in [-0.3, -0.25) is 0 Å². The maximum absolute atomic E-state index is 5.06. The molecule has 0 unspecified atom stereocenters. The van der Waals surface area contributed by atoms with Crippen LogP contribution in [-0.4, -0.2) is 15.0 Å². The minimum atomic E-state index is 0.634. The van der Waals surface area contributed by atoms with Gasteiger partial charge >= 0.3 is 0 Å². The monoisotopic (exact) mass is 663 g/mol. The van der Waals surface area contributed by atoms with Gasteiger partial charge in [-0.2, -0.15) is 0 Å². The number of rotatable bonds is 7. The first-order valence-corrected chi connectivity index (χ1v) is 17.5. The Morgan fingerprint density at radius 3 is 1.33 bits per heavy atom. The molecule has 0 amide bonds. The van der Waals surface area contributed by atoms with Gasteiger partial charge in [-0.1, -0.05) is 194 Å². The molecule has 1 heterocycles. The lowest BCUT2D eigenvalue weighted by Gasteiger charge is -2.15. The summed E-state index contributed by atoms with van der Waals surface area (Å²) >= 11 is 0. The normalized spacial score (nSPS) is 11.1. The highest BCUT2D eigenvalue weighted by Crippen LogP contribution is 2.39. The van der Waals surface area contributed by atoms with E-state index in [9.17, 15) is 0 Å². The summed E-state index contributed by atoms with van der Waals surface area (Å²) in [6.45, 7) is 0. The van der Waals surface area contributed by atoms with Crippen molar-refractivity contribution in [3.63, 3.8) is 0 Å². The molecule has 0 radical (unpaired) electrons. The van der Waals surface area contributed by atoms with Crippen molar-refractivity contribution in [2.24, 2.45) is 0 Å². The van der Waals surface area contributed by atoms with Gasteiger partial charge in [0.15, 0.2) is 17.5 Å². The maximum atomic E-state index is 5.06. The van der Waals surface area contributed by atoms with E-state index in [-0.39, 0.29) is 0 Å². The summed E-state index contributed by atoms with van der Waals surface area (Å²) in [7, 11) is 0. The van der Waals surface area contributed by atoms with E-state index in [1.54, 1.807) is 0 Å². The third-order valence-electron chi connectivity index (χ3n) is 9.56. The van der Waals surface area contributed by atoms with Crippen molar-refractivity contribution in [2.45, 2.75) is 0 Å². The molecule has 9 rings (SSSR count). The van der Waals surface area contributed by atoms with Gasteiger partial charge < -0.3 is 0 Å². The number of hydrogen-bond acceptors (Lipinski definition) is 3. The molecule has 0 atom stereocenters. The second-order valence-electron chi connectivity index (χ2n) is 12.8. The van der Waals surface area contributed by atoms with Crippen molar-refractivity contribution in [1.29, 1.82) is 0 Å². The molecule has 0 aliphatic heterocycles. The highest BCUT2D eigenvalue weighted by Gasteiger charge is 2.16. The van der Waals surface area contributed by atoms with Crippen molar-refractivity contribution >= 4 is 10.8 Å². The summed E-state index contributed by atoms with van der Waals surface area (Å²) in [6.07, 6.45) is 0. The average molecular weight is 664 g/mol. The van der Waals surface area contributed by atoms with Gasteiger partial charge in [-0.25, -0.2) is 15.0 Å². The fourth-order valence-corrected chi connectivity index (χ4v) is 6.90. The van der Waals surface area contributed by atoms with E-state index in [1.165, 1.54) is 38.6 Å². The zero-order chi connectivity index (χ0) is 34.7. The van der Waals surface area contributed by atoms with Gasteiger partial charge in [-0.15, -0.1) is 0 Å². The van der Waals surface area contributed by atoms with Crippen LogP contribution >= 0.6 is 0 Å². The molecule has 0 fully saturated rings. The van der Waals surface area contributed by atoms with Crippen molar-refractivity contribution in [3.8, 4) is 78.7 Å². The first-order valence-electron chi connectivity index (χ1n) is 17.5. The Kier molecular flexibility index (Phi) is 8.20. The van der Waals surface area contributed by atoms with Gasteiger partial charge in [0.25, 0.3) is 0 Å². The van der Waals surface area contributed by atoms with Crippen LogP contribution in [0.3, 0.4) is 0 Å². The SMILES string of the molecule is c1ccc(-c2ccc(-c3ccc4ccccc4c3-c3ccc(-c4nc(-c5ccccc5)nc(-c5cccc(-c6ccccc6)c5)n4)cc3)cc2)cc1. The molecule has 1 aromatic heterocycles. The van der Waals surface area contributed by atoms with Crippen LogP contribution < -0.4 is 0 Å². The zero-order valence-corrected chi connectivity index (χ0v) is 28.4. The van der Waals surface area contributed by atoms with Gasteiger partial charge in [0.2, 0.25) is 0 Å². The number of aromatic nitrogens is 3. The summed E-state index contributed by atoms with van der Waals surface area (Å²) in [5, 5.41) is 2.42. The second kappa shape index (κ2) is 13.7. The molecule has 3 heteroatoms. The Hall–Kier alpha value is -6.97. The highest BCUT2D eigenvalue weighted by atomic mass is 15.0. The van der Waals surface area contributed by atoms with E-state index in [2.05, 4.69) is 164 Å². The second-order valence-corrected chi connectivity index (χ2v) is 12.8. The minimum absolute atomic E-state index is 0.634. The zero-order valence-electron chi connectivity index (χ0n) is 28.4. The topological polar surface area (TPSA) is 38.7 Å². The molecular weight excluding hydrogens is 631 g/mol. The van der Waals surface area contributed by atoms with Crippen LogP contribution in [0.5, 0.6) is 0 Å². The summed E-state index contributed by atoms with van der Waals surface area (Å²) in [4.78, 5) is 15.1.